The smallest absolute Gasteiger partial charge is 0.335 e. The molecule has 4 heterocycles. The molecular weight excluding hydrogens is 528 g/mol. The monoisotopic (exact) mass is 556 g/mol. The predicted octanol–water partition coefficient (Wildman–Crippen LogP) is 1.85. The van der Waals surface area contributed by atoms with Crippen molar-refractivity contribution in [3.8, 4) is 11.6 Å². The number of imide groups is 2. The molecule has 12 heteroatoms. The zero-order chi connectivity index (χ0) is 29.2. The molecule has 0 unspecified atom stereocenters. The third-order valence-electron chi connectivity index (χ3n) is 8.33. The number of aromatic amines is 1. The number of H-pyrrole nitrogens is 1. The number of hydrogen-bond acceptors (Lipinski definition) is 8. The van der Waals surface area contributed by atoms with Gasteiger partial charge in [-0.15, -0.1) is 0 Å². The Bertz CT molecular complexity index is 1760. The number of fused-ring (bicyclic) bond motifs is 4. The maximum Gasteiger partial charge on any atom is 0.335 e. The molecule has 210 valence electrons. The molecule has 6 rings (SSSR count). The van der Waals surface area contributed by atoms with Crippen LogP contribution >= 0.6 is 0 Å². The summed E-state index contributed by atoms with van der Waals surface area (Å²) in [5.74, 6) is -1.59. The van der Waals surface area contributed by atoms with Gasteiger partial charge in [0.2, 0.25) is 17.7 Å². The lowest BCUT2D eigenvalue weighted by atomic mass is 9.68. The number of benzene rings is 2. The molecule has 3 aliphatic rings. The molecule has 2 aromatic carbocycles. The maximum atomic E-state index is 13.6. The number of aromatic nitrogens is 2. The summed E-state index contributed by atoms with van der Waals surface area (Å²) in [4.78, 5) is 75.6. The zero-order valence-electron chi connectivity index (χ0n) is 22.7. The molecule has 2 fully saturated rings. The van der Waals surface area contributed by atoms with Gasteiger partial charge in [-0.25, -0.2) is 14.2 Å². The Kier molecular flexibility index (Phi) is 5.94. The van der Waals surface area contributed by atoms with Crippen molar-refractivity contribution in [3.05, 3.63) is 80.0 Å². The number of nitrogens with zero attached hydrogens (tertiary/aromatic N) is 5. The van der Waals surface area contributed by atoms with Crippen LogP contribution in [-0.4, -0.2) is 75.2 Å². The van der Waals surface area contributed by atoms with Crippen molar-refractivity contribution < 1.29 is 19.5 Å². The molecule has 1 aromatic heterocycles. The highest BCUT2D eigenvalue weighted by Crippen LogP contribution is 2.49. The van der Waals surface area contributed by atoms with Crippen LogP contribution in [0.2, 0.25) is 0 Å². The van der Waals surface area contributed by atoms with Gasteiger partial charge in [-0.1, -0.05) is 12.1 Å². The van der Waals surface area contributed by atoms with Gasteiger partial charge in [0.1, 0.15) is 5.56 Å². The Hall–Kier alpha value is -5.00. The first-order valence-corrected chi connectivity index (χ1v) is 13.2. The van der Waals surface area contributed by atoms with Crippen LogP contribution in [0.25, 0.3) is 5.69 Å². The molecule has 1 atom stereocenters. The number of nitrogens with one attached hydrogen (secondary N) is 1. The van der Waals surface area contributed by atoms with Crippen molar-refractivity contribution in [2.75, 3.05) is 25.5 Å². The number of hydrogen-bond donors (Lipinski definition) is 2. The van der Waals surface area contributed by atoms with Crippen LogP contribution in [0.1, 0.15) is 29.5 Å². The minimum atomic E-state index is -1.44. The van der Waals surface area contributed by atoms with Crippen LogP contribution in [-0.2, 0) is 16.0 Å². The third-order valence-corrected chi connectivity index (χ3v) is 8.33. The summed E-state index contributed by atoms with van der Waals surface area (Å²) in [6.07, 6.45) is 2.71. The standard InChI is InChI=1S/C29H28N6O6/c1-16-6-4-7-19(12-16)35-24(37)20(23(36)31-27(35)40)15-30-18-9-10-21-17(13-18)14-29(22-8-5-11-34(21)22)25(38)32(2)28(41)33(3)26(29)39/h4,6-7,9-10,12-13,15,22,37H,5,8,11,14H2,1-3H3,(H,31,36,40)/t22-/m1/s1. The first-order chi connectivity index (χ1) is 19.5. The molecule has 1 spiro atoms. The molecular formula is C29H28N6O6. The van der Waals surface area contributed by atoms with E-state index in [0.29, 0.717) is 29.9 Å². The Balaban J connectivity index is 1.41. The Labute approximate surface area is 234 Å². The second kappa shape index (κ2) is 9.29. The molecule has 12 nitrogen and oxygen atoms in total. The number of anilines is 1. The predicted molar refractivity (Wildman–Crippen MR) is 150 cm³/mol. The normalized spacial score (nSPS) is 19.8. The fourth-order valence-electron chi connectivity index (χ4n) is 6.39. The number of barbiturate groups is 1. The van der Waals surface area contributed by atoms with Gasteiger partial charge in [0.25, 0.3) is 5.56 Å². The van der Waals surface area contributed by atoms with Gasteiger partial charge >= 0.3 is 11.7 Å². The van der Waals surface area contributed by atoms with Gasteiger partial charge in [0.05, 0.1) is 17.4 Å². The number of aromatic hydroxyl groups is 1. The lowest BCUT2D eigenvalue weighted by Crippen LogP contribution is -2.70. The fraction of sp³-hybridized carbons (Fsp3) is 0.310. The van der Waals surface area contributed by atoms with E-state index in [0.717, 1.165) is 32.0 Å². The minimum Gasteiger partial charge on any atom is -0.493 e. The van der Waals surface area contributed by atoms with E-state index in [4.69, 9.17) is 0 Å². The summed E-state index contributed by atoms with van der Waals surface area (Å²) in [5.41, 5.74) is 0.00773. The van der Waals surface area contributed by atoms with E-state index in [1.165, 1.54) is 20.3 Å². The second-order valence-corrected chi connectivity index (χ2v) is 10.8. The summed E-state index contributed by atoms with van der Waals surface area (Å²) in [5, 5.41) is 10.9. The highest BCUT2D eigenvalue weighted by Gasteiger charge is 2.63. The number of aryl methyl sites for hydroxylation is 1. The Morgan fingerprint density at radius 1 is 1.02 bits per heavy atom. The number of aliphatic imine (C=N–C) groups is 1. The number of amides is 4. The summed E-state index contributed by atoms with van der Waals surface area (Å²) >= 11 is 0. The summed E-state index contributed by atoms with van der Waals surface area (Å²) < 4.78 is 0.995. The van der Waals surface area contributed by atoms with Crippen molar-refractivity contribution in [1.29, 1.82) is 0 Å². The van der Waals surface area contributed by atoms with Crippen LogP contribution in [0.5, 0.6) is 5.88 Å². The highest BCUT2D eigenvalue weighted by atomic mass is 16.3. The number of rotatable bonds is 3. The van der Waals surface area contributed by atoms with Gasteiger partial charge in [-0.3, -0.25) is 34.2 Å². The molecule has 3 aromatic rings. The van der Waals surface area contributed by atoms with E-state index in [-0.39, 0.29) is 18.0 Å². The number of carbonyl (C=O) groups excluding carboxylic acids is 3. The lowest BCUT2D eigenvalue weighted by molar-refractivity contribution is -0.159. The van der Waals surface area contributed by atoms with E-state index in [2.05, 4.69) is 14.9 Å². The van der Waals surface area contributed by atoms with Gasteiger partial charge < -0.3 is 10.0 Å². The lowest BCUT2D eigenvalue weighted by Gasteiger charge is -2.50. The first-order valence-electron chi connectivity index (χ1n) is 13.2. The maximum absolute atomic E-state index is 13.6. The summed E-state index contributed by atoms with van der Waals surface area (Å²) in [6, 6.07) is 11.2. The van der Waals surface area contributed by atoms with E-state index >= 15 is 0 Å². The van der Waals surface area contributed by atoms with Crippen molar-refractivity contribution in [2.24, 2.45) is 10.4 Å². The first kappa shape index (κ1) is 26.2. The van der Waals surface area contributed by atoms with Crippen LogP contribution in [0, 0.1) is 12.3 Å². The molecule has 3 aliphatic heterocycles. The number of urea groups is 1. The Morgan fingerprint density at radius 2 is 1.76 bits per heavy atom. The van der Waals surface area contributed by atoms with Crippen LogP contribution in [0.15, 0.2) is 57.0 Å². The van der Waals surface area contributed by atoms with Gasteiger partial charge in [-0.05, 0) is 67.6 Å². The molecule has 0 radical (unpaired) electrons. The van der Waals surface area contributed by atoms with Crippen molar-refractivity contribution in [1.82, 2.24) is 19.4 Å². The quantitative estimate of drug-likeness (QED) is 0.370. The largest absolute Gasteiger partial charge is 0.493 e. The molecule has 4 amide bonds. The van der Waals surface area contributed by atoms with Crippen molar-refractivity contribution in [3.63, 3.8) is 0 Å². The third kappa shape index (κ3) is 3.81. The fourth-order valence-corrected chi connectivity index (χ4v) is 6.39. The van der Waals surface area contributed by atoms with E-state index < -0.39 is 40.4 Å². The van der Waals surface area contributed by atoms with Crippen LogP contribution in [0.3, 0.4) is 0 Å². The molecule has 2 saturated heterocycles. The SMILES string of the molecule is Cc1cccc(-n2c(O)c(C=Nc3ccc4c(c3)CC3(C(=O)N(C)C(=O)N(C)C3=O)[C@H]3CCCN43)c(=O)[nH]c2=O)c1. The molecule has 2 N–H and O–H groups in total. The molecule has 0 bridgehead atoms. The van der Waals surface area contributed by atoms with Crippen molar-refractivity contribution in [2.45, 2.75) is 32.2 Å². The van der Waals surface area contributed by atoms with Gasteiger partial charge in [0, 0.05) is 32.5 Å². The molecule has 41 heavy (non-hydrogen) atoms. The average Bonchev–Trinajstić information content (AvgIpc) is 3.44. The number of carbonyl (C=O) groups is 3. The van der Waals surface area contributed by atoms with E-state index in [1.54, 1.807) is 30.3 Å². The van der Waals surface area contributed by atoms with Crippen LogP contribution in [0.4, 0.5) is 16.2 Å². The van der Waals surface area contributed by atoms with E-state index in [1.807, 2.05) is 19.1 Å². The second-order valence-electron chi connectivity index (χ2n) is 10.8. The van der Waals surface area contributed by atoms with E-state index in [9.17, 15) is 29.1 Å². The minimum absolute atomic E-state index is 0.0938. The van der Waals surface area contributed by atoms with Crippen molar-refractivity contribution >= 4 is 35.4 Å². The highest BCUT2D eigenvalue weighted by molar-refractivity contribution is 6.20. The summed E-state index contributed by atoms with van der Waals surface area (Å²) in [7, 11) is 2.79. The van der Waals surface area contributed by atoms with Gasteiger partial charge in [-0.2, -0.15) is 0 Å². The van der Waals surface area contributed by atoms with Gasteiger partial charge in [0.15, 0.2) is 5.41 Å². The molecule has 0 aliphatic carbocycles. The average molecular weight is 557 g/mol. The summed E-state index contributed by atoms with van der Waals surface area (Å²) in [6.45, 7) is 2.50. The van der Waals surface area contributed by atoms with Crippen LogP contribution < -0.4 is 16.1 Å². The molecule has 0 saturated carbocycles. The Morgan fingerprint density at radius 3 is 2.46 bits per heavy atom. The topological polar surface area (TPSA) is 148 Å². The zero-order valence-corrected chi connectivity index (χ0v) is 22.7.